The summed E-state index contributed by atoms with van der Waals surface area (Å²) in [4.78, 5) is 11.2. The van der Waals surface area contributed by atoms with Gasteiger partial charge in [0.25, 0.3) is 0 Å². The van der Waals surface area contributed by atoms with E-state index in [4.69, 9.17) is 0 Å². The highest BCUT2D eigenvalue weighted by molar-refractivity contribution is 6.04. The molecule has 0 aliphatic heterocycles. The van der Waals surface area contributed by atoms with Crippen LogP contribution in [0.25, 0.3) is 10.8 Å². The summed E-state index contributed by atoms with van der Waals surface area (Å²) in [6.07, 6.45) is 5.94. The highest BCUT2D eigenvalue weighted by Gasteiger charge is 2.10. The van der Waals surface area contributed by atoms with E-state index in [1.807, 2.05) is 30.3 Å². The van der Waals surface area contributed by atoms with Gasteiger partial charge in [0.1, 0.15) is 0 Å². The number of aryl methyl sites for hydroxylation is 1. The minimum atomic E-state index is -0.853. The Labute approximate surface area is 114 Å². The number of carbonyl (C=O) groups is 1. The Morgan fingerprint density at radius 2 is 1.74 bits per heavy atom. The van der Waals surface area contributed by atoms with Crippen molar-refractivity contribution in [1.82, 2.24) is 0 Å². The first kappa shape index (κ1) is 13.6. The normalized spacial score (nSPS) is 10.8. The van der Waals surface area contributed by atoms with Crippen molar-refractivity contribution >= 4 is 16.7 Å². The number of unbranched alkanes of at least 4 members (excludes halogenated alkanes) is 3. The molecule has 0 fully saturated rings. The SMILES string of the molecule is CCCCCCc1ccc(C(=O)O)c2ccccc12. The van der Waals surface area contributed by atoms with Crippen molar-refractivity contribution in [2.45, 2.75) is 39.0 Å². The predicted octanol–water partition coefficient (Wildman–Crippen LogP) is 4.66. The van der Waals surface area contributed by atoms with Crippen LogP contribution in [0.3, 0.4) is 0 Å². The molecular weight excluding hydrogens is 236 g/mol. The van der Waals surface area contributed by atoms with E-state index in [0.29, 0.717) is 5.56 Å². The number of carboxylic acid groups (broad SMARTS) is 1. The van der Waals surface area contributed by atoms with Crippen molar-refractivity contribution in [1.29, 1.82) is 0 Å². The molecule has 2 heteroatoms. The zero-order chi connectivity index (χ0) is 13.7. The lowest BCUT2D eigenvalue weighted by Gasteiger charge is -2.09. The van der Waals surface area contributed by atoms with E-state index in [1.54, 1.807) is 6.07 Å². The van der Waals surface area contributed by atoms with Gasteiger partial charge in [-0.25, -0.2) is 4.79 Å². The molecule has 0 aliphatic carbocycles. The fourth-order valence-corrected chi connectivity index (χ4v) is 2.51. The zero-order valence-corrected chi connectivity index (χ0v) is 11.4. The Balaban J connectivity index is 2.30. The number of carboxylic acids is 1. The second-order valence-electron chi connectivity index (χ2n) is 4.93. The first-order valence-corrected chi connectivity index (χ1v) is 6.98. The van der Waals surface area contributed by atoms with Gasteiger partial charge in [-0.1, -0.05) is 56.5 Å². The van der Waals surface area contributed by atoms with Gasteiger partial charge >= 0.3 is 5.97 Å². The number of hydrogen-bond acceptors (Lipinski definition) is 1. The highest BCUT2D eigenvalue weighted by Crippen LogP contribution is 2.24. The molecule has 2 aromatic carbocycles. The van der Waals surface area contributed by atoms with Crippen LogP contribution in [0.2, 0.25) is 0 Å². The minimum Gasteiger partial charge on any atom is -0.478 e. The van der Waals surface area contributed by atoms with Crippen LogP contribution >= 0.6 is 0 Å². The lowest BCUT2D eigenvalue weighted by Crippen LogP contribution is -1.99. The molecule has 2 rings (SSSR count). The number of hydrogen-bond donors (Lipinski definition) is 1. The van der Waals surface area contributed by atoms with E-state index in [9.17, 15) is 9.90 Å². The Hall–Kier alpha value is -1.83. The number of rotatable bonds is 6. The third kappa shape index (κ3) is 3.14. The fraction of sp³-hybridized carbons (Fsp3) is 0.353. The smallest absolute Gasteiger partial charge is 0.336 e. The van der Waals surface area contributed by atoms with Gasteiger partial charge in [-0.05, 0) is 35.2 Å². The lowest BCUT2D eigenvalue weighted by atomic mass is 9.96. The quantitative estimate of drug-likeness (QED) is 0.763. The highest BCUT2D eigenvalue weighted by atomic mass is 16.4. The summed E-state index contributed by atoms with van der Waals surface area (Å²) in [5.41, 5.74) is 1.66. The Bertz CT molecular complexity index is 572. The van der Waals surface area contributed by atoms with Crippen LogP contribution in [0.1, 0.15) is 48.5 Å². The summed E-state index contributed by atoms with van der Waals surface area (Å²) in [5.74, 6) is -0.853. The second kappa shape index (κ2) is 6.37. The molecular formula is C17H20O2. The Morgan fingerprint density at radius 1 is 1.00 bits per heavy atom. The third-order valence-electron chi connectivity index (χ3n) is 3.54. The molecule has 0 unspecified atom stereocenters. The van der Waals surface area contributed by atoms with Gasteiger partial charge in [-0.15, -0.1) is 0 Å². The molecule has 0 radical (unpaired) electrons. The van der Waals surface area contributed by atoms with Crippen molar-refractivity contribution in [3.05, 3.63) is 47.5 Å². The standard InChI is InChI=1S/C17H20O2/c1-2-3-4-5-8-13-11-12-16(17(18)19)15-10-7-6-9-14(13)15/h6-7,9-12H,2-5,8H2,1H3,(H,18,19). The molecule has 0 aromatic heterocycles. The molecule has 2 aromatic rings. The fourth-order valence-electron chi connectivity index (χ4n) is 2.51. The second-order valence-corrected chi connectivity index (χ2v) is 4.93. The molecule has 0 amide bonds. The molecule has 0 saturated heterocycles. The maximum Gasteiger partial charge on any atom is 0.336 e. The molecule has 2 nitrogen and oxygen atoms in total. The molecule has 0 spiro atoms. The molecule has 0 aliphatic rings. The summed E-state index contributed by atoms with van der Waals surface area (Å²) in [6.45, 7) is 2.21. The maximum absolute atomic E-state index is 11.2. The van der Waals surface area contributed by atoms with E-state index in [2.05, 4.69) is 6.92 Å². The van der Waals surface area contributed by atoms with Gasteiger partial charge in [-0.2, -0.15) is 0 Å². The van der Waals surface area contributed by atoms with E-state index in [0.717, 1.165) is 17.2 Å². The average molecular weight is 256 g/mol. The lowest BCUT2D eigenvalue weighted by molar-refractivity contribution is 0.0699. The van der Waals surface area contributed by atoms with Gasteiger partial charge < -0.3 is 5.11 Å². The Kier molecular flexibility index (Phi) is 4.56. The van der Waals surface area contributed by atoms with Crippen LogP contribution < -0.4 is 0 Å². The molecule has 100 valence electrons. The first-order chi connectivity index (χ1) is 9.24. The summed E-state index contributed by atoms with van der Waals surface area (Å²) in [5, 5.41) is 11.2. The van der Waals surface area contributed by atoms with E-state index >= 15 is 0 Å². The largest absolute Gasteiger partial charge is 0.478 e. The van der Waals surface area contributed by atoms with Crippen molar-refractivity contribution in [2.75, 3.05) is 0 Å². The van der Waals surface area contributed by atoms with Crippen LogP contribution in [0.4, 0.5) is 0 Å². The summed E-state index contributed by atoms with van der Waals surface area (Å²) in [6, 6.07) is 11.5. The molecule has 0 bridgehead atoms. The van der Waals surface area contributed by atoms with Crippen LogP contribution in [-0.2, 0) is 6.42 Å². The molecule has 1 N–H and O–H groups in total. The van der Waals surface area contributed by atoms with E-state index < -0.39 is 5.97 Å². The van der Waals surface area contributed by atoms with Crippen LogP contribution in [0, 0.1) is 0 Å². The van der Waals surface area contributed by atoms with Crippen LogP contribution in [0.5, 0.6) is 0 Å². The zero-order valence-electron chi connectivity index (χ0n) is 11.4. The average Bonchev–Trinajstić information content (AvgIpc) is 2.43. The maximum atomic E-state index is 11.2. The number of benzene rings is 2. The van der Waals surface area contributed by atoms with Crippen LogP contribution in [0.15, 0.2) is 36.4 Å². The molecule has 0 heterocycles. The van der Waals surface area contributed by atoms with Crippen molar-refractivity contribution < 1.29 is 9.90 Å². The predicted molar refractivity (Wildman–Crippen MR) is 78.8 cm³/mol. The van der Waals surface area contributed by atoms with Gasteiger partial charge in [0.05, 0.1) is 5.56 Å². The van der Waals surface area contributed by atoms with E-state index in [-0.39, 0.29) is 0 Å². The Morgan fingerprint density at radius 3 is 2.42 bits per heavy atom. The van der Waals surface area contributed by atoms with Crippen molar-refractivity contribution in [2.24, 2.45) is 0 Å². The number of aromatic carboxylic acids is 1. The monoisotopic (exact) mass is 256 g/mol. The molecule has 19 heavy (non-hydrogen) atoms. The third-order valence-corrected chi connectivity index (χ3v) is 3.54. The summed E-state index contributed by atoms with van der Waals surface area (Å²) < 4.78 is 0. The van der Waals surface area contributed by atoms with Crippen LogP contribution in [-0.4, -0.2) is 11.1 Å². The topological polar surface area (TPSA) is 37.3 Å². The van der Waals surface area contributed by atoms with Gasteiger partial charge in [-0.3, -0.25) is 0 Å². The van der Waals surface area contributed by atoms with Gasteiger partial charge in [0, 0.05) is 0 Å². The first-order valence-electron chi connectivity index (χ1n) is 6.98. The van der Waals surface area contributed by atoms with Crippen molar-refractivity contribution in [3.8, 4) is 0 Å². The van der Waals surface area contributed by atoms with Gasteiger partial charge in [0.2, 0.25) is 0 Å². The van der Waals surface area contributed by atoms with E-state index in [1.165, 1.54) is 31.2 Å². The van der Waals surface area contributed by atoms with Crippen molar-refractivity contribution in [3.63, 3.8) is 0 Å². The van der Waals surface area contributed by atoms with Gasteiger partial charge in [0.15, 0.2) is 0 Å². The summed E-state index contributed by atoms with van der Waals surface area (Å²) in [7, 11) is 0. The minimum absolute atomic E-state index is 0.396. The number of fused-ring (bicyclic) bond motifs is 1. The molecule has 0 atom stereocenters. The molecule has 0 saturated carbocycles. The summed E-state index contributed by atoms with van der Waals surface area (Å²) >= 11 is 0.